The van der Waals surface area contributed by atoms with Gasteiger partial charge < -0.3 is 15.4 Å². The molecule has 0 spiro atoms. The van der Waals surface area contributed by atoms with Crippen LogP contribution >= 0.6 is 11.6 Å². The molecule has 0 saturated carbocycles. The van der Waals surface area contributed by atoms with Crippen molar-refractivity contribution in [2.45, 2.75) is 32.7 Å². The molecule has 1 amide bonds. The van der Waals surface area contributed by atoms with Gasteiger partial charge in [-0.3, -0.25) is 5.10 Å². The number of nitrogens with one attached hydrogen (secondary N) is 3. The highest BCUT2D eigenvalue weighted by Gasteiger charge is 2.39. The number of amides is 1. The first-order chi connectivity index (χ1) is 15.1. The van der Waals surface area contributed by atoms with E-state index in [1.807, 2.05) is 39.1 Å². The molecule has 0 aliphatic carbocycles. The zero-order chi connectivity index (χ0) is 23.0. The van der Waals surface area contributed by atoms with Crippen LogP contribution in [-0.4, -0.2) is 31.4 Å². The summed E-state index contributed by atoms with van der Waals surface area (Å²) in [5.41, 5.74) is 2.06. The molecule has 166 valence electrons. The Balaban J connectivity index is 1.83. The summed E-state index contributed by atoms with van der Waals surface area (Å²) in [6.45, 7) is 6.11. The van der Waals surface area contributed by atoms with Crippen LogP contribution in [0.3, 0.4) is 0 Å². The Morgan fingerprint density at radius 3 is 2.56 bits per heavy atom. The Morgan fingerprint density at radius 2 is 1.91 bits per heavy atom. The topological polar surface area (TPSA) is 107 Å². The molecule has 2 unspecified atom stereocenters. The van der Waals surface area contributed by atoms with E-state index < -0.39 is 12.1 Å². The Hall–Kier alpha value is -3.39. The van der Waals surface area contributed by atoms with Crippen LogP contribution in [0.4, 0.5) is 9.18 Å². The van der Waals surface area contributed by atoms with Crippen molar-refractivity contribution < 1.29 is 14.3 Å². The number of hydrogen-bond acceptors (Lipinski definition) is 3. The molecule has 0 aliphatic rings. The number of aromatic amines is 2. The molecule has 32 heavy (non-hydrogen) atoms. The molecule has 4 aromatic rings. The zero-order valence-corrected chi connectivity index (χ0v) is 18.5. The molecule has 4 N–H and O–H groups in total. The van der Waals surface area contributed by atoms with E-state index in [4.69, 9.17) is 11.6 Å². The highest BCUT2D eigenvalue weighted by molar-refractivity contribution is 6.31. The predicted molar refractivity (Wildman–Crippen MR) is 121 cm³/mol. The van der Waals surface area contributed by atoms with Crippen molar-refractivity contribution in [3.05, 3.63) is 70.9 Å². The molecular weight excluding hydrogens is 433 g/mol. The quantitative estimate of drug-likeness (QED) is 0.301. The summed E-state index contributed by atoms with van der Waals surface area (Å²) in [6.07, 6.45) is 0.701. The van der Waals surface area contributed by atoms with Crippen molar-refractivity contribution >= 4 is 28.6 Å². The lowest BCUT2D eigenvalue weighted by Gasteiger charge is -2.36. The average molecular weight is 456 g/mol. The fraction of sp³-hybridized carbons (Fsp3) is 0.261. The SMILES string of the molecule is CC(C)(C)C(c1c[nH]c2ccc(Cl)cc12)C(NC(=O)O)c1nc(-c2ccc(F)cc2)n[nH]1. The number of rotatable bonds is 5. The van der Waals surface area contributed by atoms with Gasteiger partial charge in [-0.05, 0) is 53.4 Å². The average Bonchev–Trinajstić information content (AvgIpc) is 3.34. The first kappa shape index (κ1) is 21.8. The first-order valence-corrected chi connectivity index (χ1v) is 10.5. The van der Waals surface area contributed by atoms with Gasteiger partial charge >= 0.3 is 6.09 Å². The summed E-state index contributed by atoms with van der Waals surface area (Å²) in [6, 6.07) is 10.6. The van der Waals surface area contributed by atoms with E-state index in [1.54, 1.807) is 18.2 Å². The minimum Gasteiger partial charge on any atom is -0.465 e. The molecule has 2 atom stereocenters. The molecule has 0 fully saturated rings. The maximum atomic E-state index is 13.3. The molecule has 0 saturated heterocycles. The van der Waals surface area contributed by atoms with Crippen molar-refractivity contribution in [3.8, 4) is 11.4 Å². The van der Waals surface area contributed by atoms with E-state index >= 15 is 0 Å². The molecule has 7 nitrogen and oxygen atoms in total. The zero-order valence-electron chi connectivity index (χ0n) is 17.8. The van der Waals surface area contributed by atoms with E-state index in [-0.39, 0.29) is 17.2 Å². The summed E-state index contributed by atoms with van der Waals surface area (Å²) in [5.74, 6) is 0.0374. The van der Waals surface area contributed by atoms with Gasteiger partial charge in [0.1, 0.15) is 11.6 Å². The second-order valence-corrected chi connectivity index (χ2v) is 9.19. The van der Waals surface area contributed by atoms with Gasteiger partial charge in [0.2, 0.25) is 0 Å². The fourth-order valence-electron chi connectivity index (χ4n) is 4.10. The highest BCUT2D eigenvalue weighted by atomic mass is 35.5. The van der Waals surface area contributed by atoms with Crippen molar-refractivity contribution in [1.82, 2.24) is 25.5 Å². The van der Waals surface area contributed by atoms with Gasteiger partial charge in [-0.1, -0.05) is 32.4 Å². The van der Waals surface area contributed by atoms with Gasteiger partial charge in [-0.25, -0.2) is 14.2 Å². The monoisotopic (exact) mass is 455 g/mol. The van der Waals surface area contributed by atoms with Gasteiger partial charge in [-0.2, -0.15) is 5.10 Å². The van der Waals surface area contributed by atoms with Crippen LogP contribution in [0.15, 0.2) is 48.7 Å². The van der Waals surface area contributed by atoms with Gasteiger partial charge in [0, 0.05) is 33.6 Å². The van der Waals surface area contributed by atoms with Crippen LogP contribution in [-0.2, 0) is 0 Å². The van der Waals surface area contributed by atoms with E-state index in [1.165, 1.54) is 12.1 Å². The molecular formula is C23H23ClFN5O2. The fourth-order valence-corrected chi connectivity index (χ4v) is 4.27. The van der Waals surface area contributed by atoms with Gasteiger partial charge in [0.05, 0.1) is 6.04 Å². The number of halogens is 2. The maximum absolute atomic E-state index is 13.3. The Morgan fingerprint density at radius 1 is 1.19 bits per heavy atom. The van der Waals surface area contributed by atoms with Gasteiger partial charge in [0.15, 0.2) is 5.82 Å². The summed E-state index contributed by atoms with van der Waals surface area (Å²) in [5, 5.41) is 20.9. The first-order valence-electron chi connectivity index (χ1n) is 10.1. The molecule has 0 bridgehead atoms. The van der Waals surface area contributed by atoms with Crippen LogP contribution in [0.2, 0.25) is 5.02 Å². The number of H-pyrrole nitrogens is 2. The minimum absolute atomic E-state index is 0.320. The van der Waals surface area contributed by atoms with Crippen LogP contribution in [0.5, 0.6) is 0 Å². The second kappa shape index (κ2) is 8.27. The molecule has 4 rings (SSSR count). The summed E-state index contributed by atoms with van der Waals surface area (Å²) >= 11 is 6.25. The van der Waals surface area contributed by atoms with E-state index in [2.05, 4.69) is 25.5 Å². The number of hydrogen-bond donors (Lipinski definition) is 4. The van der Waals surface area contributed by atoms with E-state index in [0.717, 1.165) is 16.5 Å². The number of carbonyl (C=O) groups is 1. The molecule has 2 aromatic heterocycles. The van der Waals surface area contributed by atoms with Crippen molar-refractivity contribution in [2.24, 2.45) is 5.41 Å². The van der Waals surface area contributed by atoms with Crippen molar-refractivity contribution in [1.29, 1.82) is 0 Å². The Bertz CT molecular complexity index is 1260. The lowest BCUT2D eigenvalue weighted by molar-refractivity contribution is 0.177. The van der Waals surface area contributed by atoms with Gasteiger partial charge in [-0.15, -0.1) is 0 Å². The third-order valence-corrected chi connectivity index (χ3v) is 5.69. The molecule has 2 aromatic carbocycles. The number of benzene rings is 2. The van der Waals surface area contributed by atoms with E-state index in [9.17, 15) is 14.3 Å². The number of carboxylic acid groups (broad SMARTS) is 1. The summed E-state index contributed by atoms with van der Waals surface area (Å²) in [7, 11) is 0. The number of aromatic nitrogens is 4. The van der Waals surface area contributed by atoms with Crippen LogP contribution in [0.25, 0.3) is 22.3 Å². The van der Waals surface area contributed by atoms with E-state index in [0.29, 0.717) is 22.2 Å². The van der Waals surface area contributed by atoms with Gasteiger partial charge in [0.25, 0.3) is 0 Å². The Kier molecular flexibility index (Phi) is 5.64. The van der Waals surface area contributed by atoms with Crippen LogP contribution in [0, 0.1) is 11.2 Å². The molecule has 0 aliphatic heterocycles. The number of fused-ring (bicyclic) bond motifs is 1. The third-order valence-electron chi connectivity index (χ3n) is 5.46. The van der Waals surface area contributed by atoms with Crippen LogP contribution < -0.4 is 5.32 Å². The molecule has 2 heterocycles. The normalized spacial score (nSPS) is 13.8. The predicted octanol–water partition coefficient (Wildman–Crippen LogP) is 5.88. The Labute approximate surface area is 189 Å². The minimum atomic E-state index is -1.18. The molecule has 9 heteroatoms. The highest BCUT2D eigenvalue weighted by Crippen LogP contribution is 2.46. The van der Waals surface area contributed by atoms with Crippen molar-refractivity contribution in [2.75, 3.05) is 0 Å². The third kappa shape index (κ3) is 4.31. The van der Waals surface area contributed by atoms with Crippen molar-refractivity contribution in [3.63, 3.8) is 0 Å². The second-order valence-electron chi connectivity index (χ2n) is 8.76. The largest absolute Gasteiger partial charge is 0.465 e. The summed E-state index contributed by atoms with van der Waals surface area (Å²) in [4.78, 5) is 19.6. The lowest BCUT2D eigenvalue weighted by Crippen LogP contribution is -2.37. The maximum Gasteiger partial charge on any atom is 0.405 e. The smallest absolute Gasteiger partial charge is 0.405 e. The number of nitrogens with zero attached hydrogens (tertiary/aromatic N) is 2. The standard InChI is InChI=1S/C23H23ClFN5O2/c1-23(2,3)18(16-11-26-17-9-6-13(24)10-15(16)17)19(27-22(31)32)21-28-20(29-30-21)12-4-7-14(25)8-5-12/h4-11,18-19,26-27H,1-3H3,(H,31,32)(H,28,29,30). The summed E-state index contributed by atoms with van der Waals surface area (Å²) < 4.78 is 13.3. The lowest BCUT2D eigenvalue weighted by atomic mass is 9.72. The van der Waals surface area contributed by atoms with Crippen LogP contribution in [0.1, 0.15) is 44.1 Å². The molecule has 0 radical (unpaired) electrons.